The van der Waals surface area contributed by atoms with E-state index in [1.165, 1.54) is 38.2 Å². The number of nitrogens with zero attached hydrogens (tertiary/aromatic N) is 2. The number of ether oxygens (including phenoxy) is 2. The zero-order chi connectivity index (χ0) is 27.8. The first-order valence-electron chi connectivity index (χ1n) is 14.3. The van der Waals surface area contributed by atoms with Gasteiger partial charge >= 0.3 is 0 Å². The number of hydrogen-bond acceptors (Lipinski definition) is 4. The van der Waals surface area contributed by atoms with Crippen LogP contribution < -0.4 is 4.74 Å². The summed E-state index contributed by atoms with van der Waals surface area (Å²) in [7, 11) is 1.61. The Balaban J connectivity index is 1.49. The van der Waals surface area contributed by atoms with E-state index in [0.717, 1.165) is 23.4 Å². The van der Waals surface area contributed by atoms with Crippen molar-refractivity contribution in [3.05, 3.63) is 89.0 Å². The van der Waals surface area contributed by atoms with Crippen LogP contribution in [0.2, 0.25) is 0 Å². The molecule has 0 radical (unpaired) electrons. The number of aliphatic imine (C=N–C) groups is 1. The SMILES string of the molecule is COC1(O)C2(C)c3ccc4c(CC(C)(C)C)cccc4c3C3=[N+](C=NC4Oc5ccc6ccccc6c5C34)C12C. The van der Waals surface area contributed by atoms with Gasteiger partial charge in [0.1, 0.15) is 22.8 Å². The smallest absolute Gasteiger partial charge is 0.293 e. The third-order valence-corrected chi connectivity index (χ3v) is 10.4. The maximum atomic E-state index is 12.1. The summed E-state index contributed by atoms with van der Waals surface area (Å²) < 4.78 is 14.7. The topological polar surface area (TPSA) is 54.1 Å². The second-order valence-corrected chi connectivity index (χ2v) is 13.5. The van der Waals surface area contributed by atoms with Gasteiger partial charge in [-0.05, 0) is 69.4 Å². The second kappa shape index (κ2) is 7.39. The van der Waals surface area contributed by atoms with Crippen LogP contribution in [0, 0.1) is 5.41 Å². The summed E-state index contributed by atoms with van der Waals surface area (Å²) in [6.07, 6.45) is 2.50. The van der Waals surface area contributed by atoms with Gasteiger partial charge in [0.2, 0.25) is 5.79 Å². The largest absolute Gasteiger partial charge is 0.447 e. The number of aliphatic hydroxyl groups is 1. The van der Waals surface area contributed by atoms with Crippen molar-refractivity contribution in [1.29, 1.82) is 0 Å². The molecule has 4 aromatic carbocycles. The van der Waals surface area contributed by atoms with Gasteiger partial charge in [-0.25, -0.2) is 4.58 Å². The zero-order valence-electron chi connectivity index (χ0n) is 23.9. The van der Waals surface area contributed by atoms with Gasteiger partial charge in [-0.1, -0.05) is 81.4 Å². The van der Waals surface area contributed by atoms with E-state index in [1.807, 2.05) is 6.34 Å². The van der Waals surface area contributed by atoms with E-state index in [-0.39, 0.29) is 17.6 Å². The molecule has 1 N–H and O–H groups in total. The predicted molar refractivity (Wildman–Crippen MR) is 159 cm³/mol. The van der Waals surface area contributed by atoms with Crippen molar-refractivity contribution >= 4 is 33.6 Å². The summed E-state index contributed by atoms with van der Waals surface area (Å²) in [6.45, 7) is 11.1. The van der Waals surface area contributed by atoms with Gasteiger partial charge in [0.25, 0.3) is 12.6 Å². The summed E-state index contributed by atoms with van der Waals surface area (Å²) in [4.78, 5) is 4.96. The highest BCUT2D eigenvalue weighted by atomic mass is 16.6. The minimum atomic E-state index is -1.38. The molecule has 8 rings (SSSR count). The van der Waals surface area contributed by atoms with Gasteiger partial charge in [0, 0.05) is 18.2 Å². The van der Waals surface area contributed by atoms with Crippen molar-refractivity contribution in [3.8, 4) is 5.75 Å². The molecule has 3 heterocycles. The van der Waals surface area contributed by atoms with E-state index >= 15 is 0 Å². The molecule has 4 aliphatic rings. The highest BCUT2D eigenvalue weighted by Crippen LogP contribution is 2.71. The zero-order valence-corrected chi connectivity index (χ0v) is 23.9. The van der Waals surface area contributed by atoms with Crippen molar-refractivity contribution in [2.75, 3.05) is 7.11 Å². The minimum absolute atomic E-state index is 0.121. The van der Waals surface area contributed by atoms with Crippen LogP contribution in [0.5, 0.6) is 5.75 Å². The fourth-order valence-corrected chi connectivity index (χ4v) is 8.32. The van der Waals surface area contributed by atoms with E-state index in [4.69, 9.17) is 14.5 Å². The molecule has 5 heteroatoms. The van der Waals surface area contributed by atoms with Crippen molar-refractivity contribution in [2.45, 2.75) is 69.9 Å². The van der Waals surface area contributed by atoms with Crippen LogP contribution in [0.3, 0.4) is 0 Å². The lowest BCUT2D eigenvalue weighted by Gasteiger charge is -2.32. The van der Waals surface area contributed by atoms with E-state index in [0.29, 0.717) is 0 Å². The van der Waals surface area contributed by atoms with Crippen molar-refractivity contribution < 1.29 is 19.2 Å². The summed E-state index contributed by atoms with van der Waals surface area (Å²) in [5.74, 6) is -0.621. The number of fused-ring (bicyclic) bond motifs is 13. The molecule has 3 aliphatic heterocycles. The van der Waals surface area contributed by atoms with Crippen LogP contribution in [-0.2, 0) is 16.6 Å². The maximum Gasteiger partial charge on any atom is 0.293 e. The summed E-state index contributed by atoms with van der Waals surface area (Å²) in [5.41, 5.74) is 4.71. The van der Waals surface area contributed by atoms with Gasteiger partial charge < -0.3 is 14.6 Å². The second-order valence-electron chi connectivity index (χ2n) is 13.5. The van der Waals surface area contributed by atoms with Gasteiger partial charge in [-0.2, -0.15) is 0 Å². The predicted octanol–water partition coefficient (Wildman–Crippen LogP) is 6.31. The number of rotatable bonds is 2. The van der Waals surface area contributed by atoms with Crippen LogP contribution in [0.4, 0.5) is 0 Å². The number of benzene rings is 4. The molecular formula is C35H35N2O3+. The third kappa shape index (κ3) is 2.62. The van der Waals surface area contributed by atoms with E-state index in [1.54, 1.807) is 7.11 Å². The highest BCUT2D eigenvalue weighted by molar-refractivity contribution is 6.17. The molecule has 1 saturated carbocycles. The molecule has 5 atom stereocenters. The molecule has 0 aromatic heterocycles. The Morgan fingerprint density at radius 1 is 0.950 bits per heavy atom. The Labute approximate surface area is 234 Å². The Bertz CT molecular complexity index is 1850. The molecule has 0 saturated heterocycles. The maximum absolute atomic E-state index is 12.1. The van der Waals surface area contributed by atoms with Gasteiger partial charge in [0.15, 0.2) is 5.54 Å². The van der Waals surface area contributed by atoms with E-state index in [9.17, 15) is 5.11 Å². The molecule has 4 aromatic rings. The molecule has 40 heavy (non-hydrogen) atoms. The lowest BCUT2D eigenvalue weighted by atomic mass is 9.75. The first-order chi connectivity index (χ1) is 19.0. The Morgan fingerprint density at radius 2 is 1.73 bits per heavy atom. The van der Waals surface area contributed by atoms with Gasteiger partial charge in [-0.15, -0.1) is 0 Å². The molecule has 202 valence electrons. The Hall–Kier alpha value is -3.54. The number of methoxy groups -OCH3 is 1. The average molecular weight is 532 g/mol. The van der Waals surface area contributed by atoms with Crippen LogP contribution in [0.25, 0.3) is 21.5 Å². The van der Waals surface area contributed by atoms with Crippen molar-refractivity contribution in [3.63, 3.8) is 0 Å². The molecule has 5 nitrogen and oxygen atoms in total. The summed E-state index contributed by atoms with van der Waals surface area (Å²) >= 11 is 0. The molecule has 1 fully saturated rings. The average Bonchev–Trinajstić information content (AvgIpc) is 3.18. The quantitative estimate of drug-likeness (QED) is 0.244. The standard InChI is InChI=1S/C35H35N2O3/c1-32(2,3)18-21-11-9-13-24-22(21)15-16-25-27(24)30-29-28-23-12-8-7-10-20(23)14-17-26(28)40-31(29)36-19-37(30)34(5)33(25,4)35(34,38)39-6/h7-17,19,29,31,38H,18H2,1-6H3/q+1. The molecule has 0 amide bonds. The van der Waals surface area contributed by atoms with Crippen LogP contribution in [0.15, 0.2) is 71.7 Å². The highest BCUT2D eigenvalue weighted by Gasteiger charge is 2.92. The van der Waals surface area contributed by atoms with Gasteiger partial charge in [0.05, 0.1) is 0 Å². The molecular weight excluding hydrogens is 496 g/mol. The monoisotopic (exact) mass is 531 g/mol. The molecule has 1 aliphatic carbocycles. The van der Waals surface area contributed by atoms with Crippen LogP contribution in [0.1, 0.15) is 62.8 Å². The summed E-state index contributed by atoms with van der Waals surface area (Å²) in [6, 6.07) is 23.9. The lowest BCUT2D eigenvalue weighted by molar-refractivity contribution is -0.490. The fraction of sp³-hybridized carbons (Fsp3) is 0.371. The minimum Gasteiger partial charge on any atom is -0.447 e. The van der Waals surface area contributed by atoms with Crippen molar-refractivity contribution in [2.24, 2.45) is 10.4 Å². The Morgan fingerprint density at radius 3 is 2.50 bits per heavy atom. The fourth-order valence-electron chi connectivity index (χ4n) is 8.32. The lowest BCUT2D eigenvalue weighted by Crippen LogP contribution is -2.48. The third-order valence-electron chi connectivity index (χ3n) is 10.4. The van der Waals surface area contributed by atoms with Crippen LogP contribution >= 0.6 is 0 Å². The first-order valence-corrected chi connectivity index (χ1v) is 14.3. The number of hydrogen-bond donors (Lipinski definition) is 1. The summed E-state index contributed by atoms with van der Waals surface area (Å²) in [5, 5.41) is 16.9. The molecule has 5 unspecified atom stereocenters. The van der Waals surface area contributed by atoms with Crippen molar-refractivity contribution in [1.82, 2.24) is 0 Å². The van der Waals surface area contributed by atoms with E-state index in [2.05, 4.69) is 106 Å². The van der Waals surface area contributed by atoms with Gasteiger partial charge in [-0.3, -0.25) is 0 Å². The normalized spacial score (nSPS) is 31.4. The first kappa shape index (κ1) is 24.3. The Kier molecular flexibility index (Phi) is 4.49. The van der Waals surface area contributed by atoms with Crippen LogP contribution in [-0.4, -0.2) is 46.4 Å². The van der Waals surface area contributed by atoms with E-state index < -0.39 is 16.7 Å². The molecule has 0 bridgehead atoms. The molecule has 0 spiro atoms.